The number of halogens is 1. The van der Waals surface area contributed by atoms with E-state index in [1.807, 2.05) is 30.3 Å². The molecule has 1 aromatic carbocycles. The average Bonchev–Trinajstić information content (AvgIpc) is 2.25. The molecule has 0 unspecified atom stereocenters. The molecule has 86 valence electrons. The maximum absolute atomic E-state index is 5.88. The first kappa shape index (κ1) is 11.4. The third kappa shape index (κ3) is 3.19. The zero-order valence-corrected chi connectivity index (χ0v) is 9.72. The Bertz CT molecular complexity index is 546. The smallest absolute Gasteiger partial charge is 0.222 e. The second-order valence-electron chi connectivity index (χ2n) is 3.46. The minimum Gasteiger partial charge on any atom is -0.384 e. The first-order valence-corrected chi connectivity index (χ1v) is 5.35. The number of hydrogen-bond donors (Lipinski definition) is 2. The van der Waals surface area contributed by atoms with Gasteiger partial charge in [-0.15, -0.1) is 0 Å². The first-order valence-electron chi connectivity index (χ1n) is 4.97. The van der Waals surface area contributed by atoms with Crippen LogP contribution in [0.4, 0.5) is 11.8 Å². The maximum atomic E-state index is 5.88. The monoisotopic (exact) mass is 246 g/mol. The third-order valence-electron chi connectivity index (χ3n) is 2.08. The Kier molecular flexibility index (Phi) is 3.25. The molecular formula is C12H11ClN4. The van der Waals surface area contributed by atoms with E-state index in [9.17, 15) is 0 Å². The molecule has 0 fully saturated rings. The summed E-state index contributed by atoms with van der Waals surface area (Å²) in [5.41, 5.74) is 12.7. The van der Waals surface area contributed by atoms with Crippen molar-refractivity contribution in [3.8, 4) is 0 Å². The van der Waals surface area contributed by atoms with E-state index in [1.54, 1.807) is 12.1 Å². The van der Waals surface area contributed by atoms with Crippen LogP contribution in [-0.2, 0) is 0 Å². The Labute approximate surface area is 104 Å². The van der Waals surface area contributed by atoms with E-state index in [0.717, 1.165) is 5.56 Å². The van der Waals surface area contributed by atoms with Crippen LogP contribution in [0.5, 0.6) is 0 Å². The predicted octanol–water partition coefficient (Wildman–Crippen LogP) is 2.46. The Morgan fingerprint density at radius 1 is 1.06 bits per heavy atom. The molecule has 0 aliphatic carbocycles. The fraction of sp³-hybridized carbons (Fsp3) is 0. The second kappa shape index (κ2) is 4.84. The van der Waals surface area contributed by atoms with Crippen molar-refractivity contribution in [3.05, 3.63) is 46.6 Å². The van der Waals surface area contributed by atoms with Gasteiger partial charge in [-0.3, -0.25) is 0 Å². The molecule has 4 nitrogen and oxygen atoms in total. The fourth-order valence-electron chi connectivity index (χ4n) is 1.38. The number of aromatic nitrogens is 2. The topological polar surface area (TPSA) is 77.8 Å². The van der Waals surface area contributed by atoms with Crippen LogP contribution >= 0.6 is 11.6 Å². The van der Waals surface area contributed by atoms with E-state index in [4.69, 9.17) is 23.1 Å². The Hall–Kier alpha value is -2.07. The first-order chi connectivity index (χ1) is 8.13. The largest absolute Gasteiger partial charge is 0.384 e. The highest BCUT2D eigenvalue weighted by Crippen LogP contribution is 2.14. The molecule has 0 aliphatic heterocycles. The molecule has 1 aromatic heterocycles. The Morgan fingerprint density at radius 2 is 1.88 bits per heavy atom. The van der Waals surface area contributed by atoms with Crippen molar-refractivity contribution in [2.45, 2.75) is 0 Å². The van der Waals surface area contributed by atoms with Gasteiger partial charge in [-0.2, -0.15) is 4.98 Å². The van der Waals surface area contributed by atoms with Crippen LogP contribution in [0.15, 0.2) is 30.3 Å². The summed E-state index contributed by atoms with van der Waals surface area (Å²) in [6, 6.07) is 9.14. The molecule has 17 heavy (non-hydrogen) atoms. The third-order valence-corrected chi connectivity index (χ3v) is 2.31. The predicted molar refractivity (Wildman–Crippen MR) is 71.2 cm³/mol. The molecule has 5 heteroatoms. The summed E-state index contributed by atoms with van der Waals surface area (Å²) < 4.78 is 0. The average molecular weight is 247 g/mol. The quantitative estimate of drug-likeness (QED) is 0.853. The van der Waals surface area contributed by atoms with Gasteiger partial charge in [0.1, 0.15) is 5.82 Å². The molecule has 0 bridgehead atoms. The zero-order chi connectivity index (χ0) is 12.3. The van der Waals surface area contributed by atoms with Crippen molar-refractivity contribution >= 4 is 35.5 Å². The van der Waals surface area contributed by atoms with Crippen LogP contribution in [-0.4, -0.2) is 9.97 Å². The van der Waals surface area contributed by atoms with Crippen LogP contribution in [0.3, 0.4) is 0 Å². The Balaban J connectivity index is 2.25. The van der Waals surface area contributed by atoms with Crippen LogP contribution in [0, 0.1) is 0 Å². The lowest BCUT2D eigenvalue weighted by Gasteiger charge is -1.98. The molecule has 0 aliphatic rings. The molecule has 0 amide bonds. The highest BCUT2D eigenvalue weighted by Gasteiger charge is 1.96. The maximum Gasteiger partial charge on any atom is 0.222 e. The number of rotatable bonds is 2. The minimum absolute atomic E-state index is 0.163. The molecule has 2 aromatic rings. The standard InChI is InChI=1S/C12H11ClN4/c13-9-3-1-2-8(6-9)4-5-10-7-11(14)17-12(15)16-10/h1-7H,(H4,14,15,16,17)/b5-4+. The SMILES string of the molecule is Nc1cc(/C=C/c2cccc(Cl)c2)nc(N)n1. The van der Waals surface area contributed by atoms with Crippen molar-refractivity contribution in [1.29, 1.82) is 0 Å². The summed E-state index contributed by atoms with van der Waals surface area (Å²) in [5.74, 6) is 0.513. The van der Waals surface area contributed by atoms with E-state index in [1.165, 1.54) is 0 Å². The second-order valence-corrected chi connectivity index (χ2v) is 3.90. The summed E-state index contributed by atoms with van der Waals surface area (Å²) >= 11 is 5.88. The molecule has 0 saturated heterocycles. The fourth-order valence-corrected chi connectivity index (χ4v) is 1.58. The van der Waals surface area contributed by atoms with Crippen LogP contribution in [0.1, 0.15) is 11.3 Å². The highest BCUT2D eigenvalue weighted by molar-refractivity contribution is 6.30. The van der Waals surface area contributed by atoms with Gasteiger partial charge in [0, 0.05) is 11.1 Å². The lowest BCUT2D eigenvalue weighted by Crippen LogP contribution is -2.00. The van der Waals surface area contributed by atoms with Gasteiger partial charge in [-0.25, -0.2) is 4.98 Å². The van der Waals surface area contributed by atoms with Crippen molar-refractivity contribution < 1.29 is 0 Å². The van der Waals surface area contributed by atoms with Crippen LogP contribution < -0.4 is 11.5 Å². The number of nitrogen functional groups attached to an aromatic ring is 2. The summed E-state index contributed by atoms with van der Waals surface area (Å²) in [6.07, 6.45) is 3.69. The molecule has 0 spiro atoms. The molecule has 0 atom stereocenters. The van der Waals surface area contributed by atoms with Gasteiger partial charge in [0.05, 0.1) is 5.69 Å². The van der Waals surface area contributed by atoms with Gasteiger partial charge in [0.2, 0.25) is 5.95 Å². The summed E-state index contributed by atoms with van der Waals surface area (Å²) in [6.45, 7) is 0. The lowest BCUT2D eigenvalue weighted by molar-refractivity contribution is 1.18. The molecule has 1 heterocycles. The van der Waals surface area contributed by atoms with Crippen molar-refractivity contribution in [1.82, 2.24) is 9.97 Å². The van der Waals surface area contributed by atoms with E-state index in [0.29, 0.717) is 16.5 Å². The van der Waals surface area contributed by atoms with Gasteiger partial charge in [0.15, 0.2) is 0 Å². The molecule has 2 rings (SSSR count). The van der Waals surface area contributed by atoms with E-state index < -0.39 is 0 Å². The van der Waals surface area contributed by atoms with E-state index >= 15 is 0 Å². The number of anilines is 2. The van der Waals surface area contributed by atoms with Crippen molar-refractivity contribution in [3.63, 3.8) is 0 Å². The summed E-state index contributed by atoms with van der Waals surface area (Å²) in [5, 5.41) is 0.689. The summed E-state index contributed by atoms with van der Waals surface area (Å²) in [4.78, 5) is 7.83. The Morgan fingerprint density at radius 3 is 2.59 bits per heavy atom. The number of nitrogens with zero attached hydrogens (tertiary/aromatic N) is 2. The van der Waals surface area contributed by atoms with Crippen molar-refractivity contribution in [2.75, 3.05) is 11.5 Å². The highest BCUT2D eigenvalue weighted by atomic mass is 35.5. The van der Waals surface area contributed by atoms with Gasteiger partial charge in [0.25, 0.3) is 0 Å². The molecule has 4 N–H and O–H groups in total. The van der Waals surface area contributed by atoms with Gasteiger partial charge in [-0.1, -0.05) is 29.8 Å². The zero-order valence-electron chi connectivity index (χ0n) is 8.97. The normalized spacial score (nSPS) is 10.9. The summed E-state index contributed by atoms with van der Waals surface area (Å²) in [7, 11) is 0. The molecule has 0 saturated carbocycles. The van der Waals surface area contributed by atoms with Gasteiger partial charge < -0.3 is 11.5 Å². The minimum atomic E-state index is 0.163. The van der Waals surface area contributed by atoms with Crippen molar-refractivity contribution in [2.24, 2.45) is 0 Å². The van der Waals surface area contributed by atoms with Gasteiger partial charge in [-0.05, 0) is 23.8 Å². The van der Waals surface area contributed by atoms with Crippen LogP contribution in [0.25, 0.3) is 12.2 Å². The number of nitrogens with two attached hydrogens (primary N) is 2. The van der Waals surface area contributed by atoms with Gasteiger partial charge >= 0.3 is 0 Å². The number of benzene rings is 1. The van der Waals surface area contributed by atoms with Crippen LogP contribution in [0.2, 0.25) is 5.02 Å². The van der Waals surface area contributed by atoms with E-state index in [-0.39, 0.29) is 5.95 Å². The molecular weight excluding hydrogens is 236 g/mol. The van der Waals surface area contributed by atoms with E-state index in [2.05, 4.69) is 9.97 Å². The number of hydrogen-bond acceptors (Lipinski definition) is 4. The lowest BCUT2D eigenvalue weighted by atomic mass is 10.2. The molecule has 0 radical (unpaired) electrons.